The van der Waals surface area contributed by atoms with E-state index in [1.54, 1.807) is 0 Å². The van der Waals surface area contributed by atoms with Gasteiger partial charge in [-0.05, 0) is 105 Å². The Hall–Kier alpha value is -1.34. The lowest BCUT2D eigenvalue weighted by atomic mass is 9.68. The Kier molecular flexibility index (Phi) is 10.4. The number of rotatable bonds is 12. The van der Waals surface area contributed by atoms with E-state index in [1.165, 1.54) is 75.3 Å². The summed E-state index contributed by atoms with van der Waals surface area (Å²) in [5, 5.41) is 0. The standard InChI is InChI=1S/C30H46O/c1-4-7-8-23-31-30(6-3)29-21-15-26(16-22-29)10-9-25-13-19-28(20-14-25)27-17-11-24(5-2)12-18-27/h4-5,15-16,21-22,24-25,27-28,30H,1-2,6-14,17-20,23H2,3H3. The Morgan fingerprint density at radius 3 is 2.16 bits per heavy atom. The molecule has 2 saturated carbocycles. The van der Waals surface area contributed by atoms with Gasteiger partial charge in [-0.25, -0.2) is 0 Å². The molecule has 0 bridgehead atoms. The summed E-state index contributed by atoms with van der Waals surface area (Å²) in [4.78, 5) is 0. The zero-order chi connectivity index (χ0) is 21.9. The Balaban J connectivity index is 1.37. The highest BCUT2D eigenvalue weighted by molar-refractivity contribution is 5.24. The van der Waals surface area contributed by atoms with Crippen LogP contribution in [0.4, 0.5) is 0 Å². The highest BCUT2D eigenvalue weighted by atomic mass is 16.5. The number of ether oxygens (including phenoxy) is 1. The SMILES string of the molecule is C=CCCCOC(CC)c1ccc(CCC2CCC(C3CCC(C=C)CC3)CC2)cc1. The fourth-order valence-electron chi connectivity index (χ4n) is 5.97. The summed E-state index contributed by atoms with van der Waals surface area (Å²) in [6.07, 6.45) is 21.7. The molecule has 1 atom stereocenters. The first-order valence-corrected chi connectivity index (χ1v) is 13.2. The molecule has 0 N–H and O–H groups in total. The predicted molar refractivity (Wildman–Crippen MR) is 134 cm³/mol. The van der Waals surface area contributed by atoms with Gasteiger partial charge < -0.3 is 4.74 Å². The van der Waals surface area contributed by atoms with Crippen molar-refractivity contribution in [3.63, 3.8) is 0 Å². The van der Waals surface area contributed by atoms with Gasteiger partial charge in [-0.3, -0.25) is 0 Å². The predicted octanol–water partition coefficient (Wildman–Crippen LogP) is 8.85. The van der Waals surface area contributed by atoms with Crippen molar-refractivity contribution in [3.05, 3.63) is 60.7 Å². The summed E-state index contributed by atoms with van der Waals surface area (Å²) in [5.41, 5.74) is 2.83. The molecule has 1 heteroatoms. The molecule has 0 saturated heterocycles. The minimum absolute atomic E-state index is 0.232. The Morgan fingerprint density at radius 2 is 1.58 bits per heavy atom. The maximum absolute atomic E-state index is 6.09. The van der Waals surface area contributed by atoms with Gasteiger partial charge in [0.05, 0.1) is 6.10 Å². The quantitative estimate of drug-likeness (QED) is 0.241. The van der Waals surface area contributed by atoms with Crippen molar-refractivity contribution in [2.24, 2.45) is 23.7 Å². The van der Waals surface area contributed by atoms with Crippen LogP contribution in [0.2, 0.25) is 0 Å². The molecule has 2 fully saturated rings. The smallest absolute Gasteiger partial charge is 0.0822 e. The van der Waals surface area contributed by atoms with Gasteiger partial charge in [-0.1, -0.05) is 56.2 Å². The zero-order valence-electron chi connectivity index (χ0n) is 20.1. The van der Waals surface area contributed by atoms with Gasteiger partial charge in [-0.15, -0.1) is 13.2 Å². The van der Waals surface area contributed by atoms with E-state index in [0.717, 1.165) is 49.5 Å². The molecule has 0 amide bonds. The number of hydrogen-bond acceptors (Lipinski definition) is 1. The second kappa shape index (κ2) is 13.3. The number of hydrogen-bond donors (Lipinski definition) is 0. The lowest BCUT2D eigenvalue weighted by Gasteiger charge is -2.37. The van der Waals surface area contributed by atoms with Crippen LogP contribution in [0.15, 0.2) is 49.6 Å². The molecule has 2 aliphatic rings. The van der Waals surface area contributed by atoms with E-state index in [2.05, 4.69) is 50.4 Å². The van der Waals surface area contributed by atoms with Crippen LogP contribution in [-0.2, 0) is 11.2 Å². The van der Waals surface area contributed by atoms with E-state index in [1.807, 2.05) is 6.08 Å². The van der Waals surface area contributed by atoms with Crippen LogP contribution in [0, 0.1) is 23.7 Å². The van der Waals surface area contributed by atoms with Crippen LogP contribution in [0.25, 0.3) is 0 Å². The fraction of sp³-hybridized carbons (Fsp3) is 0.667. The molecule has 1 unspecified atom stereocenters. The third-order valence-corrected chi connectivity index (χ3v) is 8.14. The monoisotopic (exact) mass is 422 g/mol. The van der Waals surface area contributed by atoms with Gasteiger partial charge in [0.2, 0.25) is 0 Å². The van der Waals surface area contributed by atoms with Crippen LogP contribution in [-0.4, -0.2) is 6.61 Å². The molecule has 0 heterocycles. The molecule has 0 aromatic heterocycles. The fourth-order valence-corrected chi connectivity index (χ4v) is 5.97. The summed E-state index contributed by atoms with van der Waals surface area (Å²) in [5.74, 6) is 3.77. The van der Waals surface area contributed by atoms with Crippen molar-refractivity contribution in [1.29, 1.82) is 0 Å². The zero-order valence-corrected chi connectivity index (χ0v) is 20.1. The molecule has 2 aliphatic carbocycles. The van der Waals surface area contributed by atoms with Crippen molar-refractivity contribution >= 4 is 0 Å². The number of aryl methyl sites for hydroxylation is 1. The summed E-state index contributed by atoms with van der Waals surface area (Å²) < 4.78 is 6.09. The van der Waals surface area contributed by atoms with Crippen LogP contribution in [0.1, 0.15) is 101 Å². The molecule has 3 rings (SSSR count). The molecule has 31 heavy (non-hydrogen) atoms. The van der Waals surface area contributed by atoms with Crippen molar-refractivity contribution in [1.82, 2.24) is 0 Å². The first kappa shape index (κ1) is 24.3. The molecule has 1 nitrogen and oxygen atoms in total. The average molecular weight is 423 g/mol. The number of unbranched alkanes of at least 4 members (excludes halogenated alkanes) is 1. The second-order valence-electron chi connectivity index (χ2n) is 10.2. The average Bonchev–Trinajstić information content (AvgIpc) is 2.84. The summed E-state index contributed by atoms with van der Waals surface area (Å²) in [6, 6.07) is 9.28. The molecule has 0 aliphatic heterocycles. The molecule has 0 radical (unpaired) electrons. The summed E-state index contributed by atoms with van der Waals surface area (Å²) in [6.45, 7) is 10.8. The highest BCUT2D eigenvalue weighted by Crippen LogP contribution is 2.42. The number of allylic oxidation sites excluding steroid dienone is 2. The first-order valence-electron chi connectivity index (χ1n) is 13.2. The van der Waals surface area contributed by atoms with Crippen LogP contribution in [0.3, 0.4) is 0 Å². The van der Waals surface area contributed by atoms with Gasteiger partial charge >= 0.3 is 0 Å². The van der Waals surface area contributed by atoms with Crippen molar-refractivity contribution in [2.75, 3.05) is 6.61 Å². The molecule has 1 aromatic rings. The Labute approximate surface area is 192 Å². The molecular weight excluding hydrogens is 376 g/mol. The lowest BCUT2D eigenvalue weighted by Crippen LogP contribution is -2.25. The molecule has 172 valence electrons. The van der Waals surface area contributed by atoms with E-state index >= 15 is 0 Å². The highest BCUT2D eigenvalue weighted by Gasteiger charge is 2.30. The second-order valence-corrected chi connectivity index (χ2v) is 10.2. The normalized spacial score (nSPS) is 27.5. The first-order chi connectivity index (χ1) is 15.2. The molecule has 0 spiro atoms. The van der Waals surface area contributed by atoms with Gasteiger partial charge in [0.1, 0.15) is 0 Å². The van der Waals surface area contributed by atoms with Crippen LogP contribution in [0.5, 0.6) is 0 Å². The maximum Gasteiger partial charge on any atom is 0.0822 e. The third-order valence-electron chi connectivity index (χ3n) is 8.14. The lowest BCUT2D eigenvalue weighted by molar-refractivity contribution is 0.0488. The van der Waals surface area contributed by atoms with E-state index in [-0.39, 0.29) is 6.10 Å². The topological polar surface area (TPSA) is 9.23 Å². The van der Waals surface area contributed by atoms with E-state index in [0.29, 0.717) is 0 Å². The third kappa shape index (κ3) is 7.63. The van der Waals surface area contributed by atoms with Gasteiger partial charge in [0.25, 0.3) is 0 Å². The minimum atomic E-state index is 0.232. The van der Waals surface area contributed by atoms with Gasteiger partial charge in [-0.2, -0.15) is 0 Å². The molecular formula is C30H46O. The largest absolute Gasteiger partial charge is 0.374 e. The van der Waals surface area contributed by atoms with Crippen molar-refractivity contribution < 1.29 is 4.74 Å². The molecule has 1 aromatic carbocycles. The van der Waals surface area contributed by atoms with Crippen LogP contribution >= 0.6 is 0 Å². The summed E-state index contributed by atoms with van der Waals surface area (Å²) in [7, 11) is 0. The maximum atomic E-state index is 6.09. The van der Waals surface area contributed by atoms with E-state index in [9.17, 15) is 0 Å². The summed E-state index contributed by atoms with van der Waals surface area (Å²) >= 11 is 0. The Bertz CT molecular complexity index is 629. The van der Waals surface area contributed by atoms with Crippen molar-refractivity contribution in [2.45, 2.75) is 96.5 Å². The Morgan fingerprint density at radius 1 is 0.935 bits per heavy atom. The minimum Gasteiger partial charge on any atom is -0.374 e. The van der Waals surface area contributed by atoms with Gasteiger partial charge in [0.15, 0.2) is 0 Å². The van der Waals surface area contributed by atoms with E-state index in [4.69, 9.17) is 4.74 Å². The van der Waals surface area contributed by atoms with Gasteiger partial charge in [0, 0.05) is 6.61 Å². The van der Waals surface area contributed by atoms with Crippen LogP contribution < -0.4 is 0 Å². The van der Waals surface area contributed by atoms with Crippen molar-refractivity contribution in [3.8, 4) is 0 Å². The number of benzene rings is 1. The van der Waals surface area contributed by atoms with E-state index < -0.39 is 0 Å².